The number of pyridine rings is 1. The fraction of sp³-hybridized carbons (Fsp3) is 0.389. The topological polar surface area (TPSA) is 59.1 Å². The van der Waals surface area contributed by atoms with Gasteiger partial charge in [-0.05, 0) is 54.0 Å². The maximum absolute atomic E-state index is 9.55. The number of rotatable bonds is 4. The molecule has 3 N–H and O–H groups in total. The quantitative estimate of drug-likeness (QED) is 0.906. The summed E-state index contributed by atoms with van der Waals surface area (Å²) in [6.45, 7) is 0.554. The van der Waals surface area contributed by atoms with Crippen LogP contribution in [0.15, 0.2) is 30.3 Å². The van der Waals surface area contributed by atoms with Gasteiger partial charge >= 0.3 is 0 Å². The molecule has 0 spiro atoms. The smallest absolute Gasteiger partial charge is 0.0684 e. The van der Waals surface area contributed by atoms with E-state index in [0.717, 1.165) is 41.6 Å². The van der Waals surface area contributed by atoms with Gasteiger partial charge in [0.15, 0.2) is 0 Å². The second-order valence-electron chi connectivity index (χ2n) is 5.76. The highest BCUT2D eigenvalue weighted by Gasteiger charge is 2.12. The Hall–Kier alpha value is -1.71. The second-order valence-corrected chi connectivity index (χ2v) is 5.76. The molecule has 1 aromatic carbocycles. The fourth-order valence-electron chi connectivity index (χ4n) is 3.05. The monoisotopic (exact) mass is 282 g/mol. The summed E-state index contributed by atoms with van der Waals surface area (Å²) in [5.74, 6) is 0. The van der Waals surface area contributed by atoms with Crippen LogP contribution in [0.4, 0.5) is 0 Å². The standard InChI is InChI=1S/C18H22N2O/c19-11-13-5-6-15(16(9-13)12-21)10-17-8-7-14-3-1-2-4-18(14)20-17/h5-9,21H,1-4,10-12,19H2. The largest absolute Gasteiger partial charge is 0.392 e. The lowest BCUT2D eigenvalue weighted by molar-refractivity contribution is 0.280. The maximum atomic E-state index is 9.55. The third kappa shape index (κ3) is 3.14. The molecule has 3 rings (SSSR count). The minimum Gasteiger partial charge on any atom is -0.392 e. The Balaban J connectivity index is 1.86. The number of aliphatic hydroxyl groups is 1. The predicted octanol–water partition coefficient (Wildman–Crippen LogP) is 2.50. The van der Waals surface area contributed by atoms with Gasteiger partial charge in [0, 0.05) is 24.4 Å². The molecule has 0 unspecified atom stereocenters. The maximum Gasteiger partial charge on any atom is 0.0684 e. The number of benzene rings is 1. The van der Waals surface area contributed by atoms with Crippen molar-refractivity contribution in [2.24, 2.45) is 5.73 Å². The van der Waals surface area contributed by atoms with Gasteiger partial charge in [0.05, 0.1) is 6.61 Å². The third-order valence-electron chi connectivity index (χ3n) is 4.28. The lowest BCUT2D eigenvalue weighted by Crippen LogP contribution is -2.08. The average Bonchev–Trinajstić information content (AvgIpc) is 2.55. The third-order valence-corrected chi connectivity index (χ3v) is 4.28. The average molecular weight is 282 g/mol. The van der Waals surface area contributed by atoms with E-state index in [-0.39, 0.29) is 6.61 Å². The van der Waals surface area contributed by atoms with E-state index in [9.17, 15) is 5.11 Å². The Morgan fingerprint density at radius 1 is 1.05 bits per heavy atom. The summed E-state index contributed by atoms with van der Waals surface area (Å²) in [7, 11) is 0. The van der Waals surface area contributed by atoms with Crippen LogP contribution in [-0.2, 0) is 32.4 Å². The zero-order chi connectivity index (χ0) is 14.7. The minimum atomic E-state index is 0.0497. The molecule has 0 fully saturated rings. The molecule has 0 aliphatic heterocycles. The van der Waals surface area contributed by atoms with Crippen molar-refractivity contribution in [1.29, 1.82) is 0 Å². The highest BCUT2D eigenvalue weighted by atomic mass is 16.3. The van der Waals surface area contributed by atoms with E-state index in [2.05, 4.69) is 18.2 Å². The molecule has 3 nitrogen and oxygen atoms in total. The minimum absolute atomic E-state index is 0.0497. The molecule has 0 saturated heterocycles. The number of aromatic nitrogens is 1. The molecule has 1 aromatic heterocycles. The summed E-state index contributed by atoms with van der Waals surface area (Å²) in [6.07, 6.45) is 5.56. The van der Waals surface area contributed by atoms with E-state index < -0.39 is 0 Å². The van der Waals surface area contributed by atoms with Crippen LogP contribution in [0.25, 0.3) is 0 Å². The van der Waals surface area contributed by atoms with Crippen molar-refractivity contribution in [2.45, 2.75) is 45.3 Å². The van der Waals surface area contributed by atoms with Crippen molar-refractivity contribution < 1.29 is 5.11 Å². The normalized spacial score (nSPS) is 14.0. The lowest BCUT2D eigenvalue weighted by Gasteiger charge is -2.16. The molecule has 21 heavy (non-hydrogen) atoms. The highest BCUT2D eigenvalue weighted by Crippen LogP contribution is 2.21. The first-order chi connectivity index (χ1) is 10.3. The van der Waals surface area contributed by atoms with Crippen LogP contribution >= 0.6 is 0 Å². The first-order valence-electron chi connectivity index (χ1n) is 7.69. The van der Waals surface area contributed by atoms with Crippen molar-refractivity contribution in [3.05, 3.63) is 64.0 Å². The number of nitrogens with two attached hydrogens (primary N) is 1. The molecule has 3 heteroatoms. The van der Waals surface area contributed by atoms with Gasteiger partial charge in [-0.15, -0.1) is 0 Å². The van der Waals surface area contributed by atoms with Crippen molar-refractivity contribution in [2.75, 3.05) is 0 Å². The highest BCUT2D eigenvalue weighted by molar-refractivity contribution is 5.35. The van der Waals surface area contributed by atoms with Crippen LogP contribution in [0.5, 0.6) is 0 Å². The van der Waals surface area contributed by atoms with Gasteiger partial charge < -0.3 is 10.8 Å². The Labute approximate surface area is 125 Å². The molecular formula is C18H22N2O. The first-order valence-corrected chi connectivity index (χ1v) is 7.69. The summed E-state index contributed by atoms with van der Waals surface area (Å²) >= 11 is 0. The molecule has 0 radical (unpaired) electrons. The number of hydrogen-bond donors (Lipinski definition) is 2. The molecule has 0 bridgehead atoms. The van der Waals surface area contributed by atoms with Gasteiger partial charge in [-0.2, -0.15) is 0 Å². The fourth-order valence-corrected chi connectivity index (χ4v) is 3.05. The molecular weight excluding hydrogens is 260 g/mol. The number of nitrogens with zero attached hydrogens (tertiary/aromatic N) is 1. The van der Waals surface area contributed by atoms with Crippen molar-refractivity contribution in [3.63, 3.8) is 0 Å². The van der Waals surface area contributed by atoms with Crippen LogP contribution in [0.2, 0.25) is 0 Å². The lowest BCUT2D eigenvalue weighted by atomic mass is 9.94. The number of fused-ring (bicyclic) bond motifs is 1. The Bertz CT molecular complexity index is 637. The van der Waals surface area contributed by atoms with E-state index in [1.807, 2.05) is 12.1 Å². The Morgan fingerprint density at radius 3 is 2.71 bits per heavy atom. The van der Waals surface area contributed by atoms with E-state index in [1.54, 1.807) is 0 Å². The number of aliphatic hydroxyl groups excluding tert-OH is 1. The molecule has 0 amide bonds. The van der Waals surface area contributed by atoms with E-state index in [4.69, 9.17) is 10.7 Å². The molecule has 1 aliphatic carbocycles. The van der Waals surface area contributed by atoms with E-state index in [0.29, 0.717) is 6.54 Å². The van der Waals surface area contributed by atoms with Crippen LogP contribution in [0.1, 0.15) is 46.5 Å². The zero-order valence-corrected chi connectivity index (χ0v) is 12.3. The molecule has 1 aliphatic rings. The first kappa shape index (κ1) is 14.2. The van der Waals surface area contributed by atoms with E-state index >= 15 is 0 Å². The van der Waals surface area contributed by atoms with Gasteiger partial charge in [0.1, 0.15) is 0 Å². The summed E-state index contributed by atoms with van der Waals surface area (Å²) in [4.78, 5) is 4.82. The predicted molar refractivity (Wildman–Crippen MR) is 83.9 cm³/mol. The Morgan fingerprint density at radius 2 is 1.90 bits per heavy atom. The van der Waals surface area contributed by atoms with Crippen molar-refractivity contribution in [1.82, 2.24) is 4.98 Å². The summed E-state index contributed by atoms with van der Waals surface area (Å²) in [5.41, 5.74) is 12.6. The van der Waals surface area contributed by atoms with Gasteiger partial charge in [0.2, 0.25) is 0 Å². The molecule has 110 valence electrons. The molecule has 0 saturated carbocycles. The van der Waals surface area contributed by atoms with Gasteiger partial charge in [-0.1, -0.05) is 24.3 Å². The summed E-state index contributed by atoms with van der Waals surface area (Å²) < 4.78 is 0. The SMILES string of the molecule is NCc1ccc(Cc2ccc3c(n2)CCCC3)c(CO)c1. The Kier molecular flexibility index (Phi) is 4.32. The van der Waals surface area contributed by atoms with Crippen molar-refractivity contribution >= 4 is 0 Å². The zero-order valence-electron chi connectivity index (χ0n) is 12.3. The van der Waals surface area contributed by atoms with Crippen LogP contribution < -0.4 is 5.73 Å². The van der Waals surface area contributed by atoms with Gasteiger partial charge in [0.25, 0.3) is 0 Å². The van der Waals surface area contributed by atoms with Gasteiger partial charge in [-0.25, -0.2) is 0 Å². The summed E-state index contributed by atoms with van der Waals surface area (Å²) in [5, 5.41) is 9.55. The van der Waals surface area contributed by atoms with Gasteiger partial charge in [-0.3, -0.25) is 4.98 Å². The van der Waals surface area contributed by atoms with Crippen LogP contribution in [0, 0.1) is 0 Å². The van der Waals surface area contributed by atoms with Crippen LogP contribution in [0.3, 0.4) is 0 Å². The molecule has 0 atom stereocenters. The number of aryl methyl sites for hydroxylation is 2. The summed E-state index contributed by atoms with van der Waals surface area (Å²) in [6, 6.07) is 10.4. The van der Waals surface area contributed by atoms with E-state index in [1.165, 1.54) is 24.1 Å². The number of hydrogen-bond acceptors (Lipinski definition) is 3. The molecule has 1 heterocycles. The van der Waals surface area contributed by atoms with Crippen LogP contribution in [-0.4, -0.2) is 10.1 Å². The molecule has 2 aromatic rings. The second kappa shape index (κ2) is 6.37. The van der Waals surface area contributed by atoms with Crippen molar-refractivity contribution in [3.8, 4) is 0 Å².